The van der Waals surface area contributed by atoms with Crippen LogP contribution in [0.25, 0.3) is 6.08 Å². The summed E-state index contributed by atoms with van der Waals surface area (Å²) in [6, 6.07) is 4.04. The molecule has 0 bridgehead atoms. The molecule has 6 nitrogen and oxygen atoms in total. The van der Waals surface area contributed by atoms with E-state index in [9.17, 15) is 18.0 Å². The summed E-state index contributed by atoms with van der Waals surface area (Å²) in [7, 11) is 1.78. The largest absolute Gasteiger partial charge is 0.490 e. The van der Waals surface area contributed by atoms with E-state index >= 15 is 0 Å². The van der Waals surface area contributed by atoms with Crippen LogP contribution in [-0.2, 0) is 14.3 Å². The molecular weight excluding hydrogens is 421 g/mol. The topological polar surface area (TPSA) is 70.1 Å². The summed E-state index contributed by atoms with van der Waals surface area (Å²) in [5.74, 6) is -2.08. The molecule has 1 N–H and O–H groups in total. The van der Waals surface area contributed by atoms with E-state index in [0.29, 0.717) is 5.92 Å². The average Bonchev–Trinajstić information content (AvgIpc) is 3.42. The van der Waals surface area contributed by atoms with E-state index in [-0.39, 0.29) is 11.3 Å². The van der Waals surface area contributed by atoms with Gasteiger partial charge in [0.25, 0.3) is 0 Å². The maximum absolute atomic E-state index is 12.5. The second kappa shape index (κ2) is 10.4. The standard InChI is InChI=1S/C18H26N2O2S.C2HF3O2/c1-3-19-11-15(12-22-2)18(13-19)8-9-20(14-18)17(21)7-6-16-5-4-10-23-16;3-2(4,5)1(6)7/h4-7,10,15H,3,8-9,11-14H2,1-2H3;(H,6,7)/b7-6+;/t15-,18+;/m0./s1. The van der Waals surface area contributed by atoms with Gasteiger partial charge in [-0.05, 0) is 30.5 Å². The molecule has 0 unspecified atom stereocenters. The van der Waals surface area contributed by atoms with Gasteiger partial charge in [0.1, 0.15) is 0 Å². The van der Waals surface area contributed by atoms with Gasteiger partial charge in [0, 0.05) is 55.6 Å². The maximum atomic E-state index is 12.5. The molecule has 168 valence electrons. The van der Waals surface area contributed by atoms with Gasteiger partial charge in [-0.1, -0.05) is 13.0 Å². The minimum absolute atomic E-state index is 0.140. The van der Waals surface area contributed by atoms with Crippen molar-refractivity contribution in [3.8, 4) is 0 Å². The van der Waals surface area contributed by atoms with Crippen molar-refractivity contribution in [3.05, 3.63) is 28.5 Å². The molecule has 1 spiro atoms. The van der Waals surface area contributed by atoms with Crippen LogP contribution in [0.5, 0.6) is 0 Å². The third-order valence-corrected chi connectivity index (χ3v) is 6.41. The first kappa shape index (κ1) is 24.4. The molecule has 2 atom stereocenters. The number of hydrogen-bond acceptors (Lipinski definition) is 5. The summed E-state index contributed by atoms with van der Waals surface area (Å²) < 4.78 is 37.2. The summed E-state index contributed by atoms with van der Waals surface area (Å²) >= 11 is 1.66. The first-order chi connectivity index (χ1) is 14.1. The predicted octanol–water partition coefficient (Wildman–Crippen LogP) is 3.21. The van der Waals surface area contributed by atoms with Crippen molar-refractivity contribution in [2.75, 3.05) is 46.4 Å². The Bertz CT molecular complexity index is 739. The lowest BCUT2D eigenvalue weighted by Crippen LogP contribution is -2.37. The van der Waals surface area contributed by atoms with Crippen LogP contribution in [0, 0.1) is 11.3 Å². The van der Waals surface area contributed by atoms with Crippen molar-refractivity contribution >= 4 is 29.3 Å². The predicted molar refractivity (Wildman–Crippen MR) is 108 cm³/mol. The van der Waals surface area contributed by atoms with Crippen molar-refractivity contribution in [2.24, 2.45) is 11.3 Å². The van der Waals surface area contributed by atoms with Crippen LogP contribution < -0.4 is 0 Å². The highest BCUT2D eigenvalue weighted by atomic mass is 32.1. The second-order valence-corrected chi connectivity index (χ2v) is 8.48. The molecule has 0 saturated carbocycles. The lowest BCUT2D eigenvalue weighted by molar-refractivity contribution is -0.192. The van der Waals surface area contributed by atoms with Crippen LogP contribution in [-0.4, -0.2) is 79.4 Å². The normalized spacial score (nSPS) is 24.4. The third kappa shape index (κ3) is 6.29. The highest BCUT2D eigenvalue weighted by Crippen LogP contribution is 2.44. The zero-order valence-electron chi connectivity index (χ0n) is 17.0. The molecule has 2 aliphatic heterocycles. The summed E-state index contributed by atoms with van der Waals surface area (Å²) in [5.41, 5.74) is 0.221. The monoisotopic (exact) mass is 448 g/mol. The van der Waals surface area contributed by atoms with Crippen molar-refractivity contribution in [1.82, 2.24) is 9.80 Å². The van der Waals surface area contributed by atoms with Crippen molar-refractivity contribution in [1.29, 1.82) is 0 Å². The Morgan fingerprint density at radius 3 is 2.63 bits per heavy atom. The summed E-state index contributed by atoms with van der Waals surface area (Å²) in [6.45, 7) is 8.01. The molecule has 0 radical (unpaired) electrons. The number of carbonyl (C=O) groups is 2. The van der Waals surface area contributed by atoms with E-state index in [1.165, 1.54) is 0 Å². The maximum Gasteiger partial charge on any atom is 0.490 e. The number of methoxy groups -OCH3 is 1. The van der Waals surface area contributed by atoms with E-state index in [1.54, 1.807) is 24.5 Å². The Morgan fingerprint density at radius 2 is 2.10 bits per heavy atom. The molecule has 30 heavy (non-hydrogen) atoms. The van der Waals surface area contributed by atoms with Crippen LogP contribution in [0.2, 0.25) is 0 Å². The molecule has 2 saturated heterocycles. The van der Waals surface area contributed by atoms with Crippen LogP contribution in [0.4, 0.5) is 13.2 Å². The molecule has 0 aromatic carbocycles. The molecule has 1 aromatic heterocycles. The number of hydrogen-bond donors (Lipinski definition) is 1. The molecular formula is C20H27F3N2O4S. The van der Waals surface area contributed by atoms with E-state index in [1.807, 2.05) is 28.5 Å². The molecule has 1 aromatic rings. The average molecular weight is 449 g/mol. The summed E-state index contributed by atoms with van der Waals surface area (Å²) in [4.78, 5) is 27.0. The van der Waals surface area contributed by atoms with E-state index in [0.717, 1.165) is 50.6 Å². The first-order valence-corrected chi connectivity index (χ1v) is 10.5. The minimum Gasteiger partial charge on any atom is -0.475 e. The fourth-order valence-electron chi connectivity index (χ4n) is 4.01. The number of rotatable bonds is 5. The van der Waals surface area contributed by atoms with E-state index < -0.39 is 12.1 Å². The number of alkyl halides is 3. The number of amides is 1. The Labute approximate surface area is 177 Å². The Kier molecular flexibility index (Phi) is 8.45. The molecule has 2 fully saturated rings. The van der Waals surface area contributed by atoms with Crippen molar-refractivity contribution in [3.63, 3.8) is 0 Å². The van der Waals surface area contributed by atoms with Crippen LogP contribution in [0.3, 0.4) is 0 Å². The lowest BCUT2D eigenvalue weighted by Gasteiger charge is -2.29. The number of aliphatic carboxylic acids is 1. The molecule has 1 amide bonds. The fraction of sp³-hybridized carbons (Fsp3) is 0.600. The van der Waals surface area contributed by atoms with Crippen LogP contribution in [0.15, 0.2) is 23.6 Å². The second-order valence-electron chi connectivity index (χ2n) is 7.50. The van der Waals surface area contributed by atoms with Crippen molar-refractivity contribution in [2.45, 2.75) is 19.5 Å². The van der Waals surface area contributed by atoms with Gasteiger partial charge < -0.3 is 19.6 Å². The van der Waals surface area contributed by atoms with Crippen LogP contribution >= 0.6 is 11.3 Å². The van der Waals surface area contributed by atoms with Gasteiger partial charge in [0.2, 0.25) is 5.91 Å². The quantitative estimate of drug-likeness (QED) is 0.701. The third-order valence-electron chi connectivity index (χ3n) is 5.57. The van der Waals surface area contributed by atoms with E-state index in [4.69, 9.17) is 14.6 Å². The van der Waals surface area contributed by atoms with Gasteiger partial charge in [0.15, 0.2) is 0 Å². The zero-order chi connectivity index (χ0) is 22.4. The highest BCUT2D eigenvalue weighted by molar-refractivity contribution is 7.10. The Morgan fingerprint density at radius 1 is 1.40 bits per heavy atom. The van der Waals surface area contributed by atoms with Gasteiger partial charge in [-0.3, -0.25) is 4.79 Å². The number of ether oxygens (including phenoxy) is 1. The van der Waals surface area contributed by atoms with Gasteiger partial charge in [-0.15, -0.1) is 11.3 Å². The number of likely N-dealkylation sites (tertiary alicyclic amines) is 2. The molecule has 10 heteroatoms. The van der Waals surface area contributed by atoms with Gasteiger partial charge >= 0.3 is 12.1 Å². The van der Waals surface area contributed by atoms with E-state index in [2.05, 4.69) is 11.8 Å². The van der Waals surface area contributed by atoms with Crippen LogP contribution in [0.1, 0.15) is 18.2 Å². The number of carboxylic acids is 1. The van der Waals surface area contributed by atoms with Gasteiger partial charge in [0.05, 0.1) is 6.61 Å². The molecule has 2 aliphatic rings. The van der Waals surface area contributed by atoms with Gasteiger partial charge in [-0.2, -0.15) is 13.2 Å². The lowest BCUT2D eigenvalue weighted by atomic mass is 9.77. The smallest absolute Gasteiger partial charge is 0.475 e. The number of thiophene rings is 1. The number of carboxylic acid groups (broad SMARTS) is 1. The highest BCUT2D eigenvalue weighted by Gasteiger charge is 2.50. The number of halogens is 3. The molecule has 3 heterocycles. The first-order valence-electron chi connectivity index (χ1n) is 9.63. The minimum atomic E-state index is -5.08. The van der Waals surface area contributed by atoms with Crippen molar-refractivity contribution < 1.29 is 32.6 Å². The van der Waals surface area contributed by atoms with Gasteiger partial charge in [-0.25, -0.2) is 4.79 Å². The Balaban J connectivity index is 0.000000396. The Hall–Kier alpha value is -1.91. The summed E-state index contributed by atoms with van der Waals surface area (Å²) in [5, 5.41) is 9.15. The SMILES string of the molecule is CCN1C[C@@H](COC)[C@]2(CCN(C(=O)/C=C/c3cccs3)C2)C1.O=C(O)C(F)(F)F. The summed E-state index contributed by atoms with van der Waals surface area (Å²) in [6.07, 6.45) is -0.337. The molecule has 0 aliphatic carbocycles. The fourth-order valence-corrected chi connectivity index (χ4v) is 4.63. The number of carbonyl (C=O) groups excluding carboxylic acids is 1. The zero-order valence-corrected chi connectivity index (χ0v) is 17.8. The molecule has 3 rings (SSSR count). The number of nitrogens with zero attached hydrogens (tertiary/aromatic N) is 2.